The monoisotopic (exact) mass is 745 g/mol. The van der Waals surface area contributed by atoms with Gasteiger partial charge in [-0.2, -0.15) is 0 Å². The van der Waals surface area contributed by atoms with Crippen molar-refractivity contribution >= 4 is 31.5 Å². The lowest BCUT2D eigenvalue weighted by Gasteiger charge is -2.20. The quantitative estimate of drug-likeness (QED) is 0.0182. The molecule has 51 heavy (non-hydrogen) atoms. The zero-order valence-electron chi connectivity index (χ0n) is 31.4. The van der Waals surface area contributed by atoms with Gasteiger partial charge in [-0.3, -0.25) is 28.2 Å². The van der Waals surface area contributed by atoms with Crippen molar-refractivity contribution in [3.05, 3.63) is 24.3 Å². The summed E-state index contributed by atoms with van der Waals surface area (Å²) >= 11 is 0. The molecule has 0 aliphatic heterocycles. The van der Waals surface area contributed by atoms with E-state index in [-0.39, 0.29) is 25.2 Å². The Balaban J connectivity index is 4.52. The number of esters is 2. The molecule has 0 saturated heterocycles. The van der Waals surface area contributed by atoms with Gasteiger partial charge in [0.2, 0.25) is 0 Å². The Hall–Kier alpha value is -2.37. The van der Waals surface area contributed by atoms with Gasteiger partial charge in [0.1, 0.15) is 12.6 Å². The van der Waals surface area contributed by atoms with Gasteiger partial charge in [-0.25, -0.2) is 4.57 Å². The summed E-state index contributed by atoms with van der Waals surface area (Å²) in [5.74, 6) is -2.40. The second-order valence-electron chi connectivity index (χ2n) is 13.1. The maximum atomic E-state index is 12.6. The molecule has 0 radical (unpaired) electrons. The standard InChI is InChI=1S/C38H68NO11P/c1-3-5-7-9-11-12-13-14-16-20-24-28-36(41)47-30-34(31-48-51(45,46)49-32-35(39)38(43)44)50-37(42)29-25-21-17-19-23-27-33(40)26-22-18-15-10-8-6-4-2/h15,18,22,26,34-35H,3-14,16-17,19-21,23-25,27-32,39H2,1-2H3,(H,43,44)(H,45,46)/b18-15-,26-22+/t34-,35+/m1/s1. The van der Waals surface area contributed by atoms with E-state index in [0.29, 0.717) is 19.3 Å². The number of aliphatic carboxylic acids is 1. The highest BCUT2D eigenvalue weighted by Crippen LogP contribution is 2.43. The summed E-state index contributed by atoms with van der Waals surface area (Å²) in [6.07, 6.45) is 27.9. The maximum Gasteiger partial charge on any atom is 0.472 e. The number of phosphoric acid groups is 1. The fourth-order valence-electron chi connectivity index (χ4n) is 5.05. The number of carboxylic acid groups (broad SMARTS) is 1. The molecule has 0 saturated carbocycles. The van der Waals surface area contributed by atoms with Crippen LogP contribution in [0.4, 0.5) is 0 Å². The zero-order valence-corrected chi connectivity index (χ0v) is 32.3. The Morgan fingerprint density at radius 3 is 1.71 bits per heavy atom. The number of carboxylic acids is 1. The van der Waals surface area contributed by atoms with E-state index < -0.39 is 51.1 Å². The lowest BCUT2D eigenvalue weighted by Crippen LogP contribution is -2.34. The Kier molecular flexibility index (Phi) is 31.9. The van der Waals surface area contributed by atoms with Gasteiger partial charge in [0.15, 0.2) is 11.9 Å². The molecule has 0 aliphatic carbocycles. The van der Waals surface area contributed by atoms with Gasteiger partial charge in [0, 0.05) is 19.3 Å². The number of rotatable bonds is 36. The summed E-state index contributed by atoms with van der Waals surface area (Å²) in [6, 6.07) is -1.54. The van der Waals surface area contributed by atoms with Crippen molar-refractivity contribution in [3.63, 3.8) is 0 Å². The molecule has 0 heterocycles. The normalized spacial score (nSPS) is 14.0. The van der Waals surface area contributed by atoms with E-state index in [1.807, 2.05) is 6.08 Å². The van der Waals surface area contributed by atoms with Crippen molar-refractivity contribution in [2.24, 2.45) is 5.73 Å². The van der Waals surface area contributed by atoms with E-state index in [1.54, 1.807) is 12.2 Å². The molecule has 1 unspecified atom stereocenters. The van der Waals surface area contributed by atoms with Crippen LogP contribution in [0.25, 0.3) is 0 Å². The van der Waals surface area contributed by atoms with Crippen molar-refractivity contribution in [1.82, 2.24) is 0 Å². The molecule has 0 fully saturated rings. The first-order chi connectivity index (χ1) is 24.5. The number of carbonyl (C=O) groups is 4. The summed E-state index contributed by atoms with van der Waals surface area (Å²) in [5, 5.41) is 8.85. The summed E-state index contributed by atoms with van der Waals surface area (Å²) in [4.78, 5) is 57.7. The first-order valence-electron chi connectivity index (χ1n) is 19.3. The number of ether oxygens (including phenoxy) is 2. The van der Waals surface area contributed by atoms with Gasteiger partial charge >= 0.3 is 25.7 Å². The van der Waals surface area contributed by atoms with Crippen LogP contribution >= 0.6 is 7.82 Å². The lowest BCUT2D eigenvalue weighted by molar-refractivity contribution is -0.161. The molecule has 12 nitrogen and oxygen atoms in total. The molecule has 0 aromatic carbocycles. The zero-order chi connectivity index (χ0) is 38.0. The molecule has 0 aliphatic rings. The Bertz CT molecular complexity index is 1030. The van der Waals surface area contributed by atoms with Gasteiger partial charge in [0.25, 0.3) is 0 Å². The highest BCUT2D eigenvalue weighted by Gasteiger charge is 2.28. The van der Waals surface area contributed by atoms with E-state index in [4.69, 9.17) is 24.8 Å². The van der Waals surface area contributed by atoms with Crippen LogP contribution in [0.5, 0.6) is 0 Å². The highest BCUT2D eigenvalue weighted by atomic mass is 31.2. The van der Waals surface area contributed by atoms with Crippen molar-refractivity contribution in [2.45, 2.75) is 174 Å². The second-order valence-corrected chi connectivity index (χ2v) is 14.6. The van der Waals surface area contributed by atoms with E-state index in [0.717, 1.165) is 57.8 Å². The Labute approximate surface area is 306 Å². The fraction of sp³-hybridized carbons (Fsp3) is 0.789. The van der Waals surface area contributed by atoms with Crippen molar-refractivity contribution in [1.29, 1.82) is 0 Å². The van der Waals surface area contributed by atoms with Crippen LogP contribution in [0.2, 0.25) is 0 Å². The van der Waals surface area contributed by atoms with Gasteiger partial charge in [-0.1, -0.05) is 128 Å². The van der Waals surface area contributed by atoms with Crippen molar-refractivity contribution < 1.29 is 52.3 Å². The molecule has 0 aromatic heterocycles. The Morgan fingerprint density at radius 2 is 1.14 bits per heavy atom. The number of nitrogens with two attached hydrogens (primary N) is 1. The van der Waals surface area contributed by atoms with Crippen molar-refractivity contribution in [3.8, 4) is 0 Å². The SMILES string of the molecule is CCCCC/C=C\C=C\C(=O)CCCCCCCC(=O)O[C@H](COC(=O)CCCCCCCCCCCCC)COP(=O)(O)OC[C@H](N)C(=O)O. The number of unbranched alkanes of at least 4 members (excludes halogenated alkanes) is 17. The fourth-order valence-corrected chi connectivity index (χ4v) is 5.82. The number of ketones is 1. The van der Waals surface area contributed by atoms with Crippen LogP contribution in [-0.2, 0) is 42.3 Å². The number of carbonyl (C=O) groups excluding carboxylic acids is 3. The van der Waals surface area contributed by atoms with Gasteiger partial charge in [-0.15, -0.1) is 0 Å². The third-order valence-electron chi connectivity index (χ3n) is 8.18. The minimum Gasteiger partial charge on any atom is -0.480 e. The minimum absolute atomic E-state index is 0.0796. The molecule has 13 heteroatoms. The van der Waals surface area contributed by atoms with Crippen LogP contribution in [0.3, 0.4) is 0 Å². The molecule has 0 bridgehead atoms. The number of hydrogen-bond donors (Lipinski definition) is 3. The molecule has 0 amide bonds. The summed E-state index contributed by atoms with van der Waals surface area (Å²) < 4.78 is 32.5. The predicted octanol–water partition coefficient (Wildman–Crippen LogP) is 8.68. The molecular formula is C38H68NO11P. The van der Waals surface area contributed by atoms with E-state index in [9.17, 15) is 28.6 Å². The first-order valence-corrected chi connectivity index (χ1v) is 20.8. The molecule has 0 rings (SSSR count). The highest BCUT2D eigenvalue weighted by molar-refractivity contribution is 7.47. The van der Waals surface area contributed by atoms with Gasteiger partial charge in [0.05, 0.1) is 13.2 Å². The average Bonchev–Trinajstić information content (AvgIpc) is 3.09. The maximum absolute atomic E-state index is 12.6. The van der Waals surface area contributed by atoms with Crippen LogP contribution < -0.4 is 5.73 Å². The summed E-state index contributed by atoms with van der Waals surface area (Å²) in [5.41, 5.74) is 5.30. The van der Waals surface area contributed by atoms with Crippen LogP contribution in [0.15, 0.2) is 24.3 Å². The van der Waals surface area contributed by atoms with E-state index >= 15 is 0 Å². The van der Waals surface area contributed by atoms with Crippen LogP contribution in [0.1, 0.15) is 162 Å². The van der Waals surface area contributed by atoms with Crippen molar-refractivity contribution in [2.75, 3.05) is 19.8 Å². The smallest absolute Gasteiger partial charge is 0.472 e. The van der Waals surface area contributed by atoms with Crippen LogP contribution in [0, 0.1) is 0 Å². The van der Waals surface area contributed by atoms with Gasteiger partial charge < -0.3 is 25.2 Å². The third kappa shape index (κ3) is 33.2. The predicted molar refractivity (Wildman–Crippen MR) is 199 cm³/mol. The molecular weight excluding hydrogens is 677 g/mol. The minimum atomic E-state index is -4.74. The molecule has 296 valence electrons. The Morgan fingerprint density at radius 1 is 0.647 bits per heavy atom. The van der Waals surface area contributed by atoms with Crippen LogP contribution in [-0.4, -0.2) is 65.7 Å². The second kappa shape index (κ2) is 33.5. The molecule has 0 aromatic rings. The number of phosphoric ester groups is 1. The van der Waals surface area contributed by atoms with E-state index in [2.05, 4.69) is 24.4 Å². The third-order valence-corrected chi connectivity index (χ3v) is 9.13. The number of hydrogen-bond acceptors (Lipinski definition) is 10. The lowest BCUT2D eigenvalue weighted by atomic mass is 10.1. The molecule has 3 atom stereocenters. The molecule has 0 spiro atoms. The molecule has 4 N–H and O–H groups in total. The van der Waals surface area contributed by atoms with Gasteiger partial charge in [-0.05, 0) is 38.2 Å². The summed E-state index contributed by atoms with van der Waals surface area (Å²) in [7, 11) is -4.74. The summed E-state index contributed by atoms with van der Waals surface area (Å²) in [6.45, 7) is 2.60. The average molecular weight is 746 g/mol. The number of allylic oxidation sites excluding steroid dienone is 4. The first kappa shape index (κ1) is 48.6. The largest absolute Gasteiger partial charge is 0.480 e. The van der Waals surface area contributed by atoms with E-state index in [1.165, 1.54) is 57.8 Å². The topological polar surface area (TPSA) is 189 Å².